The lowest BCUT2D eigenvalue weighted by molar-refractivity contribution is 0.122. The Kier molecular flexibility index (Phi) is 5.01. The van der Waals surface area contributed by atoms with Crippen LogP contribution in [0.2, 0.25) is 0 Å². The van der Waals surface area contributed by atoms with Crippen molar-refractivity contribution in [1.82, 2.24) is 24.7 Å². The molecule has 136 valence electrons. The summed E-state index contributed by atoms with van der Waals surface area (Å²) < 4.78 is 7.63. The molecule has 0 saturated heterocycles. The van der Waals surface area contributed by atoms with Gasteiger partial charge in [0.15, 0.2) is 0 Å². The number of aromatic nitrogens is 5. The smallest absolute Gasteiger partial charge is 0.229 e. The molecule has 0 radical (unpaired) electrons. The Morgan fingerprint density at radius 2 is 2.00 bits per heavy atom. The molecule has 0 aliphatic rings. The Hall–Kier alpha value is -3.16. The minimum Gasteiger partial charge on any atom is -0.472 e. The second kappa shape index (κ2) is 7.38. The molecule has 8 heteroatoms. The minimum atomic E-state index is -0.307. The quantitative estimate of drug-likeness (QED) is 0.703. The van der Waals surface area contributed by atoms with Crippen LogP contribution in [0.1, 0.15) is 26.3 Å². The summed E-state index contributed by atoms with van der Waals surface area (Å²) in [7, 11) is 1.86. The molecule has 0 unspecified atom stereocenters. The van der Waals surface area contributed by atoms with Crippen molar-refractivity contribution in [2.24, 2.45) is 7.05 Å². The van der Waals surface area contributed by atoms with Crippen molar-refractivity contribution in [1.29, 1.82) is 0 Å². The lowest BCUT2D eigenvalue weighted by Crippen LogP contribution is -2.24. The van der Waals surface area contributed by atoms with E-state index in [2.05, 4.69) is 30.7 Å². The van der Waals surface area contributed by atoms with Crippen molar-refractivity contribution < 1.29 is 4.74 Å². The van der Waals surface area contributed by atoms with Crippen LogP contribution in [-0.2, 0) is 13.6 Å². The number of pyridine rings is 1. The summed E-state index contributed by atoms with van der Waals surface area (Å²) in [6.07, 6.45) is 7.00. The molecule has 26 heavy (non-hydrogen) atoms. The van der Waals surface area contributed by atoms with Gasteiger partial charge in [-0.1, -0.05) is 6.07 Å². The monoisotopic (exact) mass is 353 g/mol. The number of rotatable bonds is 6. The van der Waals surface area contributed by atoms with E-state index in [0.29, 0.717) is 24.2 Å². The van der Waals surface area contributed by atoms with Gasteiger partial charge in [0, 0.05) is 37.7 Å². The van der Waals surface area contributed by atoms with E-state index in [0.717, 1.165) is 11.3 Å². The fourth-order valence-corrected chi connectivity index (χ4v) is 2.26. The van der Waals surface area contributed by atoms with E-state index < -0.39 is 0 Å². The zero-order valence-electron chi connectivity index (χ0n) is 15.4. The van der Waals surface area contributed by atoms with Gasteiger partial charge in [0.25, 0.3) is 0 Å². The van der Waals surface area contributed by atoms with Crippen molar-refractivity contribution >= 4 is 17.5 Å². The molecule has 0 aliphatic heterocycles. The van der Waals surface area contributed by atoms with Crippen LogP contribution < -0.4 is 15.4 Å². The Morgan fingerprint density at radius 3 is 2.73 bits per heavy atom. The highest BCUT2D eigenvalue weighted by atomic mass is 16.5. The molecular weight excluding hydrogens is 330 g/mol. The predicted octanol–water partition coefficient (Wildman–Crippen LogP) is 3.14. The van der Waals surface area contributed by atoms with Gasteiger partial charge in [-0.25, -0.2) is 9.97 Å². The number of nitrogens with one attached hydrogen (secondary N) is 2. The van der Waals surface area contributed by atoms with Gasteiger partial charge in [-0.2, -0.15) is 10.1 Å². The van der Waals surface area contributed by atoms with Crippen LogP contribution in [0.4, 0.5) is 17.5 Å². The molecule has 0 spiro atoms. The van der Waals surface area contributed by atoms with Crippen LogP contribution in [0, 0.1) is 0 Å². The standard InChI is InChI=1S/C18H23N7O/c1-18(2,3)26-16-13(6-5-8-19-16)10-21-15-7-9-20-17(24-15)23-14-11-22-25(4)12-14/h5-9,11-12H,10H2,1-4H3,(H2,20,21,23,24). The van der Waals surface area contributed by atoms with Crippen molar-refractivity contribution in [3.63, 3.8) is 0 Å². The number of anilines is 3. The first kappa shape index (κ1) is 17.7. The van der Waals surface area contributed by atoms with Crippen LogP contribution in [-0.4, -0.2) is 30.3 Å². The molecule has 3 heterocycles. The summed E-state index contributed by atoms with van der Waals surface area (Å²) in [6.45, 7) is 6.54. The van der Waals surface area contributed by atoms with Gasteiger partial charge in [-0.15, -0.1) is 0 Å². The van der Waals surface area contributed by atoms with E-state index >= 15 is 0 Å². The molecule has 8 nitrogen and oxygen atoms in total. The Balaban J connectivity index is 1.68. The van der Waals surface area contributed by atoms with Gasteiger partial charge in [0.2, 0.25) is 11.8 Å². The third kappa shape index (κ3) is 4.92. The fraction of sp³-hybridized carbons (Fsp3) is 0.333. The van der Waals surface area contributed by atoms with Crippen LogP contribution in [0.15, 0.2) is 43.0 Å². The molecule has 0 saturated carbocycles. The third-order valence-corrected chi connectivity index (χ3v) is 3.33. The van der Waals surface area contributed by atoms with Gasteiger partial charge in [0.1, 0.15) is 11.4 Å². The maximum atomic E-state index is 5.92. The molecule has 0 bridgehead atoms. The van der Waals surface area contributed by atoms with Crippen LogP contribution in [0.3, 0.4) is 0 Å². The van der Waals surface area contributed by atoms with Crippen molar-refractivity contribution in [3.8, 4) is 5.88 Å². The summed E-state index contributed by atoms with van der Waals surface area (Å²) in [5, 5.41) is 10.5. The highest BCUT2D eigenvalue weighted by molar-refractivity contribution is 5.52. The SMILES string of the molecule is Cn1cc(Nc2nccc(NCc3cccnc3OC(C)(C)C)n2)cn1. The molecule has 3 aromatic heterocycles. The molecule has 3 rings (SSSR count). The van der Waals surface area contributed by atoms with Gasteiger partial charge >= 0.3 is 0 Å². The first-order chi connectivity index (χ1) is 12.4. The number of ether oxygens (including phenoxy) is 1. The van der Waals surface area contributed by atoms with E-state index in [1.807, 2.05) is 52.2 Å². The number of aryl methyl sites for hydroxylation is 1. The molecule has 3 aromatic rings. The second-order valence-corrected chi connectivity index (χ2v) is 6.83. The molecule has 0 aliphatic carbocycles. The van der Waals surface area contributed by atoms with E-state index in [9.17, 15) is 0 Å². The number of nitrogens with zero attached hydrogens (tertiary/aromatic N) is 5. The highest BCUT2D eigenvalue weighted by Crippen LogP contribution is 2.21. The Bertz CT molecular complexity index is 870. The summed E-state index contributed by atoms with van der Waals surface area (Å²) in [5.74, 6) is 1.83. The topological polar surface area (TPSA) is 89.8 Å². The van der Waals surface area contributed by atoms with Gasteiger partial charge in [-0.05, 0) is 32.9 Å². The Labute approximate surface area is 152 Å². The van der Waals surface area contributed by atoms with E-state index in [-0.39, 0.29) is 5.60 Å². The van der Waals surface area contributed by atoms with Crippen LogP contribution in [0.25, 0.3) is 0 Å². The molecule has 0 amide bonds. The molecule has 0 fully saturated rings. The van der Waals surface area contributed by atoms with E-state index in [4.69, 9.17) is 4.74 Å². The molecule has 2 N–H and O–H groups in total. The summed E-state index contributed by atoms with van der Waals surface area (Å²) in [6, 6.07) is 5.69. The van der Waals surface area contributed by atoms with Gasteiger partial charge < -0.3 is 15.4 Å². The summed E-state index contributed by atoms with van der Waals surface area (Å²) in [5.41, 5.74) is 1.49. The average Bonchev–Trinajstić information content (AvgIpc) is 2.98. The maximum Gasteiger partial charge on any atom is 0.229 e. The fourth-order valence-electron chi connectivity index (χ4n) is 2.26. The van der Waals surface area contributed by atoms with Crippen LogP contribution in [0.5, 0.6) is 5.88 Å². The zero-order valence-corrected chi connectivity index (χ0v) is 15.4. The number of hydrogen-bond acceptors (Lipinski definition) is 7. The summed E-state index contributed by atoms with van der Waals surface area (Å²) >= 11 is 0. The average molecular weight is 353 g/mol. The highest BCUT2D eigenvalue weighted by Gasteiger charge is 2.15. The van der Waals surface area contributed by atoms with Crippen molar-refractivity contribution in [2.45, 2.75) is 32.9 Å². The largest absolute Gasteiger partial charge is 0.472 e. The predicted molar refractivity (Wildman–Crippen MR) is 100 cm³/mol. The van der Waals surface area contributed by atoms with Crippen LogP contribution >= 0.6 is 0 Å². The number of hydrogen-bond donors (Lipinski definition) is 2. The minimum absolute atomic E-state index is 0.307. The molecule has 0 aromatic carbocycles. The van der Waals surface area contributed by atoms with Gasteiger partial charge in [-0.3, -0.25) is 4.68 Å². The lowest BCUT2D eigenvalue weighted by Gasteiger charge is -2.22. The van der Waals surface area contributed by atoms with E-state index in [1.54, 1.807) is 23.3 Å². The van der Waals surface area contributed by atoms with Crippen molar-refractivity contribution in [2.75, 3.05) is 10.6 Å². The Morgan fingerprint density at radius 1 is 1.15 bits per heavy atom. The summed E-state index contributed by atoms with van der Waals surface area (Å²) in [4.78, 5) is 13.0. The molecular formula is C18H23N7O. The molecule has 0 atom stereocenters. The van der Waals surface area contributed by atoms with Crippen molar-refractivity contribution in [3.05, 3.63) is 48.5 Å². The zero-order chi connectivity index (χ0) is 18.6. The first-order valence-electron chi connectivity index (χ1n) is 8.34. The van der Waals surface area contributed by atoms with Gasteiger partial charge in [0.05, 0.1) is 11.9 Å². The lowest BCUT2D eigenvalue weighted by atomic mass is 10.2. The normalized spacial score (nSPS) is 11.2. The second-order valence-electron chi connectivity index (χ2n) is 6.83. The first-order valence-corrected chi connectivity index (χ1v) is 8.34. The van der Waals surface area contributed by atoms with E-state index in [1.165, 1.54) is 0 Å². The maximum absolute atomic E-state index is 5.92. The third-order valence-electron chi connectivity index (χ3n) is 3.33.